The van der Waals surface area contributed by atoms with Crippen LogP contribution >= 0.6 is 0 Å². The molecule has 3 aromatic rings. The van der Waals surface area contributed by atoms with Crippen LogP contribution in [0.25, 0.3) is 23.7 Å². The van der Waals surface area contributed by atoms with Gasteiger partial charge in [-0.3, -0.25) is 0 Å². The van der Waals surface area contributed by atoms with Crippen LogP contribution in [-0.2, 0) is 6.42 Å². The highest BCUT2D eigenvalue weighted by Gasteiger charge is 2.23. The van der Waals surface area contributed by atoms with Gasteiger partial charge in [-0.2, -0.15) is 0 Å². The largest absolute Gasteiger partial charge is 0.330 e. The molecule has 0 saturated carbocycles. The molecule has 0 fully saturated rings. The fraction of sp³-hybridized carbons (Fsp3) is 0.292. The number of fused-ring (bicyclic) bond motifs is 3. The highest BCUT2D eigenvalue weighted by atomic mass is 15.3. The quantitative estimate of drug-likeness (QED) is 0.678. The van der Waals surface area contributed by atoms with E-state index in [-0.39, 0.29) is 0 Å². The zero-order valence-electron chi connectivity index (χ0n) is 17.1. The Morgan fingerprint density at radius 2 is 1.74 bits per heavy atom. The SMILES string of the molecule is CC.Cc1cc(C)c(/C=C/c2ccc3c(CCN)c4[n+](n23)=CC=C4)c(C)c1. The van der Waals surface area contributed by atoms with Gasteiger partial charge >= 0.3 is 0 Å². The molecule has 3 heterocycles. The van der Waals surface area contributed by atoms with Gasteiger partial charge in [-0.05, 0) is 68.6 Å². The Kier molecular flexibility index (Phi) is 5.62. The summed E-state index contributed by atoms with van der Waals surface area (Å²) in [6, 6.07) is 8.87. The summed E-state index contributed by atoms with van der Waals surface area (Å²) in [7, 11) is 0. The minimum atomic E-state index is 0.665. The molecule has 1 aliphatic rings. The number of hydrogen-bond acceptors (Lipinski definition) is 1. The van der Waals surface area contributed by atoms with E-state index in [0.29, 0.717) is 6.54 Å². The maximum absolute atomic E-state index is 5.82. The molecular formula is C24H30N3+. The van der Waals surface area contributed by atoms with Crippen molar-refractivity contribution in [2.75, 3.05) is 6.54 Å². The minimum Gasteiger partial charge on any atom is -0.330 e. The standard InChI is InChI=1S/C22H24N3.C2H6/c1-15-13-16(2)19(17(3)14-15)8-6-18-7-9-22-20(10-11-23)21-5-4-12-24(21)25(18)22;1-2/h4-9,12-14H,10-11,23H2,1-3H3;1-2H3/q+1;/b8-6+;. The Morgan fingerprint density at radius 1 is 1.04 bits per heavy atom. The van der Waals surface area contributed by atoms with Gasteiger partial charge < -0.3 is 5.73 Å². The van der Waals surface area contributed by atoms with Gasteiger partial charge in [-0.1, -0.05) is 42.0 Å². The number of nitrogens with zero attached hydrogens (tertiary/aromatic N) is 2. The van der Waals surface area contributed by atoms with Crippen LogP contribution in [0.15, 0.2) is 30.3 Å². The van der Waals surface area contributed by atoms with Crippen molar-refractivity contribution in [1.82, 2.24) is 4.52 Å². The highest BCUT2D eigenvalue weighted by Crippen LogP contribution is 2.23. The van der Waals surface area contributed by atoms with Crippen molar-refractivity contribution in [3.63, 3.8) is 0 Å². The van der Waals surface area contributed by atoms with Crippen LogP contribution in [0.4, 0.5) is 0 Å². The van der Waals surface area contributed by atoms with Crippen LogP contribution in [0.5, 0.6) is 0 Å². The highest BCUT2D eigenvalue weighted by molar-refractivity contribution is 5.75. The van der Waals surface area contributed by atoms with Crippen molar-refractivity contribution in [2.45, 2.75) is 41.0 Å². The molecule has 1 aromatic carbocycles. The molecule has 1 aliphatic heterocycles. The third-order valence-electron chi connectivity index (χ3n) is 5.00. The summed E-state index contributed by atoms with van der Waals surface area (Å²) in [5, 5.41) is 0. The molecule has 0 bridgehead atoms. The topological polar surface area (TPSA) is 36.3 Å². The molecule has 140 valence electrons. The van der Waals surface area contributed by atoms with Gasteiger partial charge in [0, 0.05) is 12.2 Å². The monoisotopic (exact) mass is 360 g/mol. The molecule has 0 radical (unpaired) electrons. The van der Waals surface area contributed by atoms with Crippen LogP contribution in [0, 0.1) is 27.0 Å². The number of hydrogen-bond donors (Lipinski definition) is 1. The molecule has 3 nitrogen and oxygen atoms in total. The lowest BCUT2D eigenvalue weighted by Crippen LogP contribution is -2.24. The predicted molar refractivity (Wildman–Crippen MR) is 116 cm³/mol. The summed E-state index contributed by atoms with van der Waals surface area (Å²) < 4.78 is 4.49. The number of aryl methyl sites for hydroxylation is 3. The minimum absolute atomic E-state index is 0.665. The normalized spacial score (nSPS) is 12.4. The first kappa shape index (κ1) is 19.1. The van der Waals surface area contributed by atoms with E-state index in [1.807, 2.05) is 13.8 Å². The van der Waals surface area contributed by atoms with E-state index >= 15 is 0 Å². The molecule has 0 aliphatic carbocycles. The first-order valence-electron chi connectivity index (χ1n) is 9.82. The Morgan fingerprint density at radius 3 is 2.41 bits per heavy atom. The van der Waals surface area contributed by atoms with E-state index in [4.69, 9.17) is 5.73 Å². The van der Waals surface area contributed by atoms with Crippen molar-refractivity contribution in [1.29, 1.82) is 0 Å². The van der Waals surface area contributed by atoms with Crippen LogP contribution in [0.3, 0.4) is 0 Å². The fourth-order valence-electron chi connectivity index (χ4n) is 3.98. The second-order valence-electron chi connectivity index (χ2n) is 6.86. The van der Waals surface area contributed by atoms with Gasteiger partial charge in [0.05, 0.1) is 5.56 Å². The van der Waals surface area contributed by atoms with Crippen LogP contribution in [-0.4, -0.2) is 11.1 Å². The lowest BCUT2D eigenvalue weighted by atomic mass is 9.99. The van der Waals surface area contributed by atoms with E-state index in [9.17, 15) is 0 Å². The molecule has 4 rings (SSSR count). The van der Waals surface area contributed by atoms with Gasteiger partial charge in [0.2, 0.25) is 11.9 Å². The van der Waals surface area contributed by atoms with Gasteiger partial charge in [0.15, 0.2) is 0 Å². The number of benzene rings is 1. The Balaban J connectivity index is 0.00000102. The summed E-state index contributed by atoms with van der Waals surface area (Å²) >= 11 is 0. The smallest absolute Gasteiger partial charge is 0.241 e. The first-order chi connectivity index (χ1) is 13.1. The number of aromatic nitrogens is 2. The van der Waals surface area contributed by atoms with Crippen molar-refractivity contribution < 1.29 is 4.36 Å². The molecule has 0 unspecified atom stereocenters. The molecular weight excluding hydrogens is 330 g/mol. The summed E-state index contributed by atoms with van der Waals surface area (Å²) in [5.74, 6) is 0. The van der Waals surface area contributed by atoms with E-state index in [0.717, 1.165) is 6.42 Å². The lowest BCUT2D eigenvalue weighted by Gasteiger charge is -2.06. The van der Waals surface area contributed by atoms with Crippen molar-refractivity contribution in [3.8, 4) is 0 Å². The fourth-order valence-corrected chi connectivity index (χ4v) is 3.98. The first-order valence-corrected chi connectivity index (χ1v) is 9.82. The number of rotatable bonds is 4. The molecule has 2 aromatic heterocycles. The zero-order chi connectivity index (χ0) is 19.6. The summed E-state index contributed by atoms with van der Waals surface area (Å²) in [4.78, 5) is 0. The van der Waals surface area contributed by atoms with Gasteiger partial charge in [0.1, 0.15) is 11.2 Å². The molecule has 2 N–H and O–H groups in total. The summed E-state index contributed by atoms with van der Waals surface area (Å²) in [6.07, 6.45) is 11.7. The lowest BCUT2D eigenvalue weighted by molar-refractivity contribution is -0.583. The van der Waals surface area contributed by atoms with E-state index < -0.39 is 0 Å². The van der Waals surface area contributed by atoms with Gasteiger partial charge in [-0.25, -0.2) is 0 Å². The van der Waals surface area contributed by atoms with E-state index in [1.165, 1.54) is 44.7 Å². The molecule has 3 heteroatoms. The molecule has 0 spiro atoms. The van der Waals surface area contributed by atoms with Crippen molar-refractivity contribution in [3.05, 3.63) is 75.8 Å². The molecule has 0 atom stereocenters. The van der Waals surface area contributed by atoms with Crippen LogP contribution in [0.2, 0.25) is 0 Å². The van der Waals surface area contributed by atoms with Crippen LogP contribution < -0.4 is 10.1 Å². The number of nitrogens with two attached hydrogens (primary N) is 1. The Hall–Kier alpha value is -2.65. The third kappa shape index (κ3) is 3.35. The van der Waals surface area contributed by atoms with Crippen molar-refractivity contribution in [2.24, 2.45) is 5.73 Å². The molecule has 27 heavy (non-hydrogen) atoms. The number of allylic oxidation sites excluding steroid dienone is 1. The summed E-state index contributed by atoms with van der Waals surface area (Å²) in [6.45, 7) is 11.2. The third-order valence-corrected chi connectivity index (χ3v) is 5.00. The predicted octanol–water partition coefficient (Wildman–Crippen LogP) is 4.61. The average molecular weight is 361 g/mol. The second-order valence-corrected chi connectivity index (χ2v) is 6.86. The van der Waals surface area contributed by atoms with E-state index in [2.05, 4.69) is 84.4 Å². The Labute approximate surface area is 162 Å². The molecule has 0 saturated heterocycles. The molecule has 0 amide bonds. The zero-order valence-corrected chi connectivity index (χ0v) is 17.1. The van der Waals surface area contributed by atoms with Gasteiger partial charge in [-0.15, -0.1) is 4.52 Å². The average Bonchev–Trinajstić information content (AvgIpc) is 3.32. The van der Waals surface area contributed by atoms with E-state index in [1.54, 1.807) is 0 Å². The van der Waals surface area contributed by atoms with Gasteiger partial charge in [0.25, 0.3) is 0 Å². The second kappa shape index (κ2) is 7.93. The van der Waals surface area contributed by atoms with Crippen molar-refractivity contribution >= 4 is 23.7 Å². The maximum Gasteiger partial charge on any atom is 0.241 e. The van der Waals surface area contributed by atoms with Crippen LogP contribution in [0.1, 0.15) is 53.1 Å². The maximum atomic E-state index is 5.82. The summed E-state index contributed by atoms with van der Waals surface area (Å²) in [5.41, 5.74) is 16.1. The Bertz CT molecular complexity index is 1060.